The first kappa shape index (κ1) is 15.4. The molecule has 0 saturated carbocycles. The fraction of sp³-hybridized carbons (Fsp3) is 0.0625. The number of halogens is 2. The highest BCUT2D eigenvalue weighted by Crippen LogP contribution is 2.31. The van der Waals surface area contributed by atoms with Gasteiger partial charge in [-0.1, -0.05) is 28.1 Å². The van der Waals surface area contributed by atoms with Gasteiger partial charge in [-0.05, 0) is 35.9 Å². The predicted molar refractivity (Wildman–Crippen MR) is 87.5 cm³/mol. The summed E-state index contributed by atoms with van der Waals surface area (Å²) in [6.45, 7) is 0.388. The monoisotopic (exact) mass is 375 g/mol. The van der Waals surface area contributed by atoms with Crippen molar-refractivity contribution in [2.75, 3.05) is 0 Å². The lowest BCUT2D eigenvalue weighted by molar-refractivity contribution is -0.384. The third-order valence-electron chi connectivity index (χ3n) is 3.31. The Hall–Kier alpha value is -2.54. The molecule has 0 atom stereocenters. The molecule has 23 heavy (non-hydrogen) atoms. The zero-order chi connectivity index (χ0) is 16.4. The van der Waals surface area contributed by atoms with Gasteiger partial charge in [-0.25, -0.2) is 4.39 Å². The normalized spacial score (nSPS) is 10.7. The maximum atomic E-state index is 13.2. The topological polar surface area (TPSA) is 61.0 Å². The summed E-state index contributed by atoms with van der Waals surface area (Å²) in [5, 5.41) is 15.5. The number of hydrogen-bond donors (Lipinski definition) is 0. The summed E-state index contributed by atoms with van der Waals surface area (Å²) in [4.78, 5) is 10.7. The van der Waals surface area contributed by atoms with E-state index in [4.69, 9.17) is 0 Å². The van der Waals surface area contributed by atoms with Gasteiger partial charge in [0.05, 0.1) is 22.7 Å². The number of nitrogens with zero attached hydrogens (tertiary/aromatic N) is 3. The van der Waals surface area contributed by atoms with Crippen LogP contribution in [0, 0.1) is 15.9 Å². The van der Waals surface area contributed by atoms with Crippen LogP contribution in [0.3, 0.4) is 0 Å². The minimum atomic E-state index is -0.437. The Labute approximate surface area is 139 Å². The van der Waals surface area contributed by atoms with Crippen molar-refractivity contribution >= 4 is 21.6 Å². The van der Waals surface area contributed by atoms with Gasteiger partial charge >= 0.3 is 0 Å². The summed E-state index contributed by atoms with van der Waals surface area (Å²) in [7, 11) is 0. The van der Waals surface area contributed by atoms with Crippen LogP contribution < -0.4 is 0 Å². The Balaban J connectivity index is 1.93. The van der Waals surface area contributed by atoms with Gasteiger partial charge in [0.15, 0.2) is 0 Å². The molecular formula is C16H11BrFN3O2. The molecule has 0 unspecified atom stereocenters. The first-order valence-electron chi connectivity index (χ1n) is 6.75. The van der Waals surface area contributed by atoms with Gasteiger partial charge in [0.1, 0.15) is 5.82 Å². The third kappa shape index (κ3) is 3.45. The molecular weight excluding hydrogens is 365 g/mol. The average molecular weight is 376 g/mol. The largest absolute Gasteiger partial charge is 0.278 e. The van der Waals surface area contributed by atoms with Gasteiger partial charge in [-0.2, -0.15) is 5.10 Å². The van der Waals surface area contributed by atoms with E-state index in [-0.39, 0.29) is 11.5 Å². The van der Waals surface area contributed by atoms with Crippen molar-refractivity contribution < 1.29 is 9.31 Å². The number of rotatable bonds is 4. The molecule has 0 saturated heterocycles. The molecule has 0 spiro atoms. The van der Waals surface area contributed by atoms with Crippen LogP contribution in [-0.2, 0) is 6.54 Å². The van der Waals surface area contributed by atoms with Gasteiger partial charge < -0.3 is 0 Å². The highest BCUT2D eigenvalue weighted by atomic mass is 79.9. The number of benzene rings is 2. The molecule has 0 fully saturated rings. The van der Waals surface area contributed by atoms with Crippen molar-refractivity contribution in [3.63, 3.8) is 0 Å². The van der Waals surface area contributed by atoms with Gasteiger partial charge in [-0.3, -0.25) is 14.8 Å². The first-order chi connectivity index (χ1) is 11.0. The SMILES string of the molecule is O=[N+]([O-])c1ccc(Br)cc1-c1ccn(Cc2cccc(F)c2)n1. The number of aromatic nitrogens is 2. The van der Waals surface area contributed by atoms with Crippen LogP contribution in [0.15, 0.2) is 59.2 Å². The van der Waals surface area contributed by atoms with E-state index in [9.17, 15) is 14.5 Å². The summed E-state index contributed by atoms with van der Waals surface area (Å²) in [6, 6.07) is 12.7. The molecule has 7 heteroatoms. The fourth-order valence-corrected chi connectivity index (χ4v) is 2.65. The maximum Gasteiger partial charge on any atom is 0.278 e. The van der Waals surface area contributed by atoms with Crippen LogP contribution in [0.2, 0.25) is 0 Å². The van der Waals surface area contributed by atoms with Crippen molar-refractivity contribution in [2.24, 2.45) is 0 Å². The molecule has 5 nitrogen and oxygen atoms in total. The number of nitro benzene ring substituents is 1. The molecule has 0 N–H and O–H groups in total. The zero-order valence-electron chi connectivity index (χ0n) is 11.8. The van der Waals surface area contributed by atoms with Crippen molar-refractivity contribution in [2.45, 2.75) is 6.54 Å². The second-order valence-corrected chi connectivity index (χ2v) is 5.86. The van der Waals surface area contributed by atoms with Crippen LogP contribution in [0.5, 0.6) is 0 Å². The molecule has 3 aromatic rings. The molecule has 2 aromatic carbocycles. The third-order valence-corrected chi connectivity index (χ3v) is 3.80. The lowest BCUT2D eigenvalue weighted by Crippen LogP contribution is -2.01. The highest BCUT2D eigenvalue weighted by molar-refractivity contribution is 9.10. The Morgan fingerprint density at radius 3 is 2.78 bits per heavy atom. The molecule has 0 aliphatic carbocycles. The van der Waals surface area contributed by atoms with E-state index < -0.39 is 4.92 Å². The fourth-order valence-electron chi connectivity index (χ4n) is 2.29. The maximum absolute atomic E-state index is 13.2. The Morgan fingerprint density at radius 1 is 1.22 bits per heavy atom. The average Bonchev–Trinajstić information content (AvgIpc) is 2.95. The minimum absolute atomic E-state index is 0.00999. The molecule has 3 rings (SSSR count). The van der Waals surface area contributed by atoms with Crippen molar-refractivity contribution in [1.29, 1.82) is 0 Å². The summed E-state index contributed by atoms with van der Waals surface area (Å²) in [5.74, 6) is -0.308. The van der Waals surface area contributed by atoms with E-state index in [2.05, 4.69) is 21.0 Å². The lowest BCUT2D eigenvalue weighted by atomic mass is 10.1. The van der Waals surface area contributed by atoms with Crippen LogP contribution >= 0.6 is 15.9 Å². The summed E-state index contributed by atoms with van der Waals surface area (Å²) >= 11 is 3.31. The minimum Gasteiger partial charge on any atom is -0.268 e. The number of hydrogen-bond acceptors (Lipinski definition) is 3. The Morgan fingerprint density at radius 2 is 2.04 bits per heavy atom. The molecule has 0 aliphatic rings. The second-order valence-electron chi connectivity index (χ2n) is 4.95. The van der Waals surface area contributed by atoms with Crippen LogP contribution in [0.1, 0.15) is 5.56 Å². The van der Waals surface area contributed by atoms with Crippen LogP contribution in [0.25, 0.3) is 11.3 Å². The Bertz CT molecular complexity index is 879. The standard InChI is InChI=1S/C16H11BrFN3O2/c17-12-4-5-16(21(22)23)14(9-12)15-6-7-20(19-15)10-11-2-1-3-13(18)8-11/h1-9H,10H2. The van der Waals surface area contributed by atoms with Crippen molar-refractivity contribution in [3.05, 3.63) is 80.7 Å². The van der Waals surface area contributed by atoms with E-state index in [1.807, 2.05) is 0 Å². The van der Waals surface area contributed by atoms with Gasteiger partial charge in [0, 0.05) is 16.7 Å². The van der Waals surface area contributed by atoms with Gasteiger partial charge in [0.2, 0.25) is 0 Å². The van der Waals surface area contributed by atoms with E-state index >= 15 is 0 Å². The Kier molecular flexibility index (Phi) is 4.20. The highest BCUT2D eigenvalue weighted by Gasteiger charge is 2.17. The van der Waals surface area contributed by atoms with Gasteiger partial charge in [0.25, 0.3) is 5.69 Å². The van der Waals surface area contributed by atoms with E-state index in [1.165, 1.54) is 18.2 Å². The molecule has 116 valence electrons. The zero-order valence-corrected chi connectivity index (χ0v) is 13.4. The lowest BCUT2D eigenvalue weighted by Gasteiger charge is -2.03. The van der Waals surface area contributed by atoms with E-state index in [1.54, 1.807) is 41.2 Å². The van der Waals surface area contributed by atoms with Crippen LogP contribution in [0.4, 0.5) is 10.1 Å². The second kappa shape index (κ2) is 6.29. The van der Waals surface area contributed by atoms with Crippen molar-refractivity contribution in [3.8, 4) is 11.3 Å². The van der Waals surface area contributed by atoms with Crippen LogP contribution in [-0.4, -0.2) is 14.7 Å². The van der Waals surface area contributed by atoms with Gasteiger partial charge in [-0.15, -0.1) is 0 Å². The van der Waals surface area contributed by atoms with Crippen molar-refractivity contribution in [1.82, 2.24) is 9.78 Å². The van der Waals surface area contributed by atoms with E-state index in [0.29, 0.717) is 17.8 Å². The summed E-state index contributed by atoms with van der Waals surface area (Å²) in [5.41, 5.74) is 1.68. The molecule has 0 amide bonds. The smallest absolute Gasteiger partial charge is 0.268 e. The molecule has 1 heterocycles. The molecule has 1 aromatic heterocycles. The predicted octanol–water partition coefficient (Wildman–Crippen LogP) is 4.41. The summed E-state index contributed by atoms with van der Waals surface area (Å²) in [6.07, 6.45) is 1.71. The summed E-state index contributed by atoms with van der Waals surface area (Å²) < 4.78 is 15.6. The first-order valence-corrected chi connectivity index (χ1v) is 7.54. The molecule has 0 bridgehead atoms. The number of nitro groups is 1. The quantitative estimate of drug-likeness (QED) is 0.501. The molecule has 0 radical (unpaired) electrons. The molecule has 0 aliphatic heterocycles. The van der Waals surface area contributed by atoms with E-state index in [0.717, 1.165) is 10.0 Å².